The molecular weight excluding hydrogens is 482 g/mol. The number of rotatable bonds is 5. The summed E-state index contributed by atoms with van der Waals surface area (Å²) in [4.78, 5) is 31.0. The molecule has 3 N–H and O–H groups in total. The predicted octanol–water partition coefficient (Wildman–Crippen LogP) is 6.42. The fraction of sp³-hybridized carbons (Fsp3) is 0.179. The van der Waals surface area contributed by atoms with E-state index in [0.717, 1.165) is 76.0 Å². The highest BCUT2D eigenvalue weighted by Gasteiger charge is 2.23. The number of H-pyrrole nitrogens is 2. The van der Waals surface area contributed by atoms with Crippen LogP contribution in [0.5, 0.6) is 0 Å². The summed E-state index contributed by atoms with van der Waals surface area (Å²) in [7, 11) is 0. The molecule has 1 amide bonds. The minimum absolute atomic E-state index is 0.0753. The molecule has 1 aliphatic rings. The normalized spacial score (nSPS) is 14.1. The summed E-state index contributed by atoms with van der Waals surface area (Å²) < 4.78 is 0. The lowest BCUT2D eigenvalue weighted by Gasteiger charge is -2.11. The highest BCUT2D eigenvalue weighted by Crippen LogP contribution is 2.35. The molecule has 1 saturated carbocycles. The van der Waals surface area contributed by atoms with Crippen LogP contribution in [0.4, 0.5) is 5.69 Å². The molecule has 0 aromatic carbocycles. The Balaban J connectivity index is 1.25. The van der Waals surface area contributed by atoms with Gasteiger partial charge >= 0.3 is 0 Å². The van der Waals surface area contributed by atoms with Crippen molar-refractivity contribution in [2.24, 2.45) is 5.92 Å². The minimum Gasteiger partial charge on any atom is -0.338 e. The number of hydrogen-bond acceptors (Lipinski definition) is 6. The molecule has 6 heterocycles. The van der Waals surface area contributed by atoms with Gasteiger partial charge in [0.25, 0.3) is 0 Å². The summed E-state index contributed by atoms with van der Waals surface area (Å²) in [5, 5.41) is 13.8. The predicted molar refractivity (Wildman–Crippen MR) is 146 cm³/mol. The molecule has 1 aliphatic carbocycles. The Morgan fingerprint density at radius 1 is 1.08 bits per heavy atom. The van der Waals surface area contributed by atoms with E-state index in [-0.39, 0.29) is 11.8 Å². The van der Waals surface area contributed by atoms with Crippen LogP contribution in [0.2, 0.25) is 0 Å². The van der Waals surface area contributed by atoms with E-state index in [1.54, 1.807) is 23.7 Å². The third-order valence-electron chi connectivity index (χ3n) is 7.01. The summed E-state index contributed by atoms with van der Waals surface area (Å²) in [5.74, 6) is 0.170. The van der Waals surface area contributed by atoms with Crippen LogP contribution in [0.15, 0.2) is 66.4 Å². The molecule has 0 saturated heterocycles. The summed E-state index contributed by atoms with van der Waals surface area (Å²) in [6.07, 6.45) is 9.42. The quantitative estimate of drug-likeness (QED) is 0.250. The Hall–Kier alpha value is -4.37. The van der Waals surface area contributed by atoms with Gasteiger partial charge < -0.3 is 10.3 Å². The van der Waals surface area contributed by atoms with Crippen LogP contribution in [0, 0.1) is 5.92 Å². The molecule has 182 valence electrons. The van der Waals surface area contributed by atoms with Crippen LogP contribution in [0.25, 0.3) is 55.2 Å². The number of fused-ring (bicyclic) bond motifs is 2. The van der Waals surface area contributed by atoms with E-state index in [1.807, 2.05) is 30.5 Å². The molecule has 1 fully saturated rings. The van der Waals surface area contributed by atoms with Gasteiger partial charge in [0, 0.05) is 39.7 Å². The molecule has 8 nitrogen and oxygen atoms in total. The lowest BCUT2D eigenvalue weighted by atomic mass is 10.1. The summed E-state index contributed by atoms with van der Waals surface area (Å²) >= 11 is 1.70. The molecule has 0 unspecified atom stereocenters. The Morgan fingerprint density at radius 2 is 2.00 bits per heavy atom. The van der Waals surface area contributed by atoms with E-state index >= 15 is 0 Å². The number of carbonyl (C=O) groups excluding carboxylic acids is 1. The van der Waals surface area contributed by atoms with Crippen LogP contribution in [0.3, 0.4) is 0 Å². The van der Waals surface area contributed by atoms with Crippen LogP contribution in [-0.2, 0) is 4.79 Å². The van der Waals surface area contributed by atoms with Gasteiger partial charge in [-0.05, 0) is 54.6 Å². The molecule has 0 spiro atoms. The number of nitrogens with zero attached hydrogens (tertiary/aromatic N) is 4. The Morgan fingerprint density at radius 3 is 2.86 bits per heavy atom. The zero-order valence-corrected chi connectivity index (χ0v) is 20.7. The molecule has 0 radical (unpaired) electrons. The van der Waals surface area contributed by atoms with Crippen molar-refractivity contribution in [2.45, 2.75) is 25.7 Å². The third-order valence-corrected chi connectivity index (χ3v) is 7.91. The highest BCUT2D eigenvalue weighted by atomic mass is 32.1. The number of nitrogens with one attached hydrogen (secondary N) is 3. The van der Waals surface area contributed by atoms with Crippen molar-refractivity contribution >= 4 is 45.0 Å². The summed E-state index contributed by atoms with van der Waals surface area (Å²) in [5.41, 5.74) is 7.38. The van der Waals surface area contributed by atoms with Gasteiger partial charge in [-0.1, -0.05) is 18.9 Å². The zero-order chi connectivity index (χ0) is 24.8. The molecular formula is C28H23N7OS. The summed E-state index contributed by atoms with van der Waals surface area (Å²) in [6, 6.07) is 14.1. The Labute approximate surface area is 216 Å². The molecule has 6 aromatic heterocycles. The maximum Gasteiger partial charge on any atom is 0.227 e. The monoisotopic (exact) mass is 505 g/mol. The standard InChI is InChI=1S/C28H23N7OS/c36-28(16-4-1-2-5-16)31-18-12-17(14-29-15-18)21-7-8-22-25(32-21)26(35-34-22)23-13-20-19(24-6-3-11-37-24)9-10-30-27(20)33-23/h3,6-16H,1-2,4-5H2,(H,30,33)(H,31,36)(H,34,35). The number of amides is 1. The fourth-order valence-corrected chi connectivity index (χ4v) is 5.90. The molecule has 7 rings (SSSR count). The van der Waals surface area contributed by atoms with Gasteiger partial charge in [-0.3, -0.25) is 14.9 Å². The largest absolute Gasteiger partial charge is 0.338 e. The number of aromatic nitrogens is 6. The molecule has 37 heavy (non-hydrogen) atoms. The first-order valence-electron chi connectivity index (χ1n) is 12.4. The molecule has 9 heteroatoms. The van der Waals surface area contributed by atoms with E-state index in [0.29, 0.717) is 5.69 Å². The Kier molecular flexibility index (Phi) is 5.28. The van der Waals surface area contributed by atoms with Crippen LogP contribution in [0.1, 0.15) is 25.7 Å². The first kappa shape index (κ1) is 21.9. The molecule has 6 aromatic rings. The molecule has 0 atom stereocenters. The van der Waals surface area contributed by atoms with E-state index in [1.165, 1.54) is 4.88 Å². The van der Waals surface area contributed by atoms with Gasteiger partial charge in [0.15, 0.2) is 0 Å². The van der Waals surface area contributed by atoms with Gasteiger partial charge in [0.2, 0.25) is 5.91 Å². The van der Waals surface area contributed by atoms with Gasteiger partial charge in [-0.2, -0.15) is 5.10 Å². The van der Waals surface area contributed by atoms with Crippen LogP contribution < -0.4 is 5.32 Å². The van der Waals surface area contributed by atoms with Gasteiger partial charge in [-0.15, -0.1) is 11.3 Å². The van der Waals surface area contributed by atoms with Crippen molar-refractivity contribution < 1.29 is 4.79 Å². The SMILES string of the molecule is O=C(Nc1cncc(-c2ccc3[nH]nc(-c4cc5c(-c6cccs6)ccnc5[nH]4)c3n2)c1)C1CCCC1. The Bertz CT molecular complexity index is 1750. The fourth-order valence-electron chi connectivity index (χ4n) is 5.13. The van der Waals surface area contributed by atoms with Crippen molar-refractivity contribution in [3.63, 3.8) is 0 Å². The van der Waals surface area contributed by atoms with Crippen LogP contribution in [-0.4, -0.2) is 36.0 Å². The molecule has 0 bridgehead atoms. The van der Waals surface area contributed by atoms with Gasteiger partial charge in [-0.25, -0.2) is 9.97 Å². The average Bonchev–Trinajstić information content (AvgIpc) is 3.74. The first-order chi connectivity index (χ1) is 18.2. The minimum atomic E-state index is 0.0753. The van der Waals surface area contributed by atoms with Crippen molar-refractivity contribution in [3.05, 3.63) is 66.4 Å². The van der Waals surface area contributed by atoms with Crippen molar-refractivity contribution in [1.29, 1.82) is 0 Å². The molecule has 0 aliphatic heterocycles. The number of aromatic amines is 2. The maximum atomic E-state index is 12.6. The number of pyridine rings is 3. The smallest absolute Gasteiger partial charge is 0.227 e. The van der Waals surface area contributed by atoms with Gasteiger partial charge in [0.05, 0.1) is 28.8 Å². The topological polar surface area (TPSA) is 112 Å². The second-order valence-corrected chi connectivity index (χ2v) is 10.3. The highest BCUT2D eigenvalue weighted by molar-refractivity contribution is 7.13. The van der Waals surface area contributed by atoms with Crippen molar-refractivity contribution in [1.82, 2.24) is 30.1 Å². The van der Waals surface area contributed by atoms with E-state index in [2.05, 4.69) is 54.0 Å². The van der Waals surface area contributed by atoms with Crippen molar-refractivity contribution in [3.8, 4) is 33.1 Å². The van der Waals surface area contributed by atoms with E-state index in [9.17, 15) is 4.79 Å². The zero-order valence-electron chi connectivity index (χ0n) is 19.9. The number of anilines is 1. The average molecular weight is 506 g/mol. The summed E-state index contributed by atoms with van der Waals surface area (Å²) in [6.45, 7) is 0. The second kappa shape index (κ2) is 8.94. The van der Waals surface area contributed by atoms with Crippen molar-refractivity contribution in [2.75, 3.05) is 5.32 Å². The number of thiophene rings is 1. The maximum absolute atomic E-state index is 12.6. The van der Waals surface area contributed by atoms with E-state index in [4.69, 9.17) is 4.98 Å². The number of carbonyl (C=O) groups is 1. The third kappa shape index (κ3) is 3.97. The second-order valence-electron chi connectivity index (χ2n) is 9.38. The van der Waals surface area contributed by atoms with E-state index < -0.39 is 0 Å². The van der Waals surface area contributed by atoms with Crippen LogP contribution >= 0.6 is 11.3 Å². The lowest BCUT2D eigenvalue weighted by Crippen LogP contribution is -2.20. The first-order valence-corrected chi connectivity index (χ1v) is 13.2. The number of hydrogen-bond donors (Lipinski definition) is 3. The van der Waals surface area contributed by atoms with Gasteiger partial charge in [0.1, 0.15) is 16.9 Å². The lowest BCUT2D eigenvalue weighted by molar-refractivity contribution is -0.119.